The Kier molecular flexibility index (Phi) is 6.57. The Hall–Kier alpha value is -6.76. The molecule has 0 saturated heterocycles. The summed E-state index contributed by atoms with van der Waals surface area (Å²) in [5.41, 5.74) is 12.3. The lowest BCUT2D eigenvalue weighted by Crippen LogP contribution is -2.28. The summed E-state index contributed by atoms with van der Waals surface area (Å²) >= 11 is 0. The van der Waals surface area contributed by atoms with Crippen LogP contribution in [0.1, 0.15) is 22.3 Å². The van der Waals surface area contributed by atoms with Crippen molar-refractivity contribution in [3.63, 3.8) is 0 Å². The Labute approximate surface area is 309 Å². The minimum atomic E-state index is -0.500. The molecule has 10 aromatic carbocycles. The highest BCUT2D eigenvalue weighted by atomic mass is 14.5. The predicted molar refractivity (Wildman–Crippen MR) is 225 cm³/mol. The van der Waals surface area contributed by atoms with Crippen LogP contribution in [0, 0.1) is 0 Å². The van der Waals surface area contributed by atoms with E-state index >= 15 is 0 Å². The molecule has 0 aliphatic heterocycles. The third kappa shape index (κ3) is 4.36. The van der Waals surface area contributed by atoms with Crippen LogP contribution in [0.5, 0.6) is 0 Å². The highest BCUT2D eigenvalue weighted by molar-refractivity contribution is 6.15. The van der Waals surface area contributed by atoms with Gasteiger partial charge in [0.15, 0.2) is 0 Å². The van der Waals surface area contributed by atoms with Gasteiger partial charge in [-0.1, -0.05) is 188 Å². The zero-order chi connectivity index (χ0) is 34.9. The number of benzene rings is 10. The molecule has 0 heteroatoms. The molecular formula is C53H34. The van der Waals surface area contributed by atoms with E-state index in [0.29, 0.717) is 0 Å². The van der Waals surface area contributed by atoms with Gasteiger partial charge < -0.3 is 0 Å². The van der Waals surface area contributed by atoms with E-state index in [9.17, 15) is 0 Å². The Balaban J connectivity index is 1.16. The van der Waals surface area contributed by atoms with E-state index in [0.717, 1.165) is 0 Å². The summed E-state index contributed by atoms with van der Waals surface area (Å²) in [6.45, 7) is 0. The summed E-state index contributed by atoms with van der Waals surface area (Å²) in [6.07, 6.45) is 0. The number of hydrogen-bond acceptors (Lipinski definition) is 0. The molecule has 0 spiro atoms. The highest BCUT2D eigenvalue weighted by Gasteiger charge is 2.46. The molecular weight excluding hydrogens is 637 g/mol. The molecule has 246 valence electrons. The van der Waals surface area contributed by atoms with Gasteiger partial charge in [0.05, 0.1) is 5.41 Å². The molecule has 1 aliphatic carbocycles. The highest BCUT2D eigenvalue weighted by Crippen LogP contribution is 2.56. The molecule has 0 amide bonds. The molecule has 53 heavy (non-hydrogen) atoms. The second kappa shape index (κ2) is 11.6. The van der Waals surface area contributed by atoms with Crippen LogP contribution in [-0.2, 0) is 5.41 Å². The van der Waals surface area contributed by atoms with Gasteiger partial charge >= 0.3 is 0 Å². The zero-order valence-corrected chi connectivity index (χ0v) is 29.1. The first-order chi connectivity index (χ1) is 26.3. The summed E-state index contributed by atoms with van der Waals surface area (Å²) in [6, 6.07) is 76.8. The summed E-state index contributed by atoms with van der Waals surface area (Å²) in [7, 11) is 0. The second-order valence-electron chi connectivity index (χ2n) is 14.4. The molecule has 0 N–H and O–H groups in total. The van der Waals surface area contributed by atoms with E-state index in [-0.39, 0.29) is 0 Å². The first-order valence-corrected chi connectivity index (χ1v) is 18.5. The maximum absolute atomic E-state index is 2.46. The normalized spacial score (nSPS) is 13.1. The summed E-state index contributed by atoms with van der Waals surface area (Å²) in [5, 5.41) is 10.2. The first kappa shape index (κ1) is 29.9. The maximum Gasteiger partial charge on any atom is 0.0713 e. The fourth-order valence-electron chi connectivity index (χ4n) is 9.43. The Morgan fingerprint density at radius 2 is 0.698 bits per heavy atom. The molecule has 1 aliphatic rings. The summed E-state index contributed by atoms with van der Waals surface area (Å²) < 4.78 is 0. The number of hydrogen-bond donors (Lipinski definition) is 0. The zero-order valence-electron chi connectivity index (χ0n) is 29.1. The van der Waals surface area contributed by atoms with Gasteiger partial charge in [-0.15, -0.1) is 0 Å². The SMILES string of the molecule is c1cc(-c2cc3ccccc3c3ccccc23)cc(C2(c3ccc(-c4cc5ccccc5c5ccccc45)cc3)c3ccccc3-c3ccccc32)c1. The van der Waals surface area contributed by atoms with Crippen LogP contribution < -0.4 is 0 Å². The van der Waals surface area contributed by atoms with Crippen molar-refractivity contribution in [1.29, 1.82) is 0 Å². The molecule has 0 fully saturated rings. The van der Waals surface area contributed by atoms with Gasteiger partial charge in [-0.05, 0) is 117 Å². The molecule has 0 atom stereocenters. The molecule has 0 bridgehead atoms. The Morgan fingerprint density at radius 3 is 1.26 bits per heavy atom. The van der Waals surface area contributed by atoms with Gasteiger partial charge in [-0.3, -0.25) is 0 Å². The summed E-state index contributed by atoms with van der Waals surface area (Å²) in [5.74, 6) is 0. The van der Waals surface area contributed by atoms with Gasteiger partial charge in [0.25, 0.3) is 0 Å². The van der Waals surface area contributed by atoms with Gasteiger partial charge in [0.2, 0.25) is 0 Å². The van der Waals surface area contributed by atoms with Crippen LogP contribution in [0.3, 0.4) is 0 Å². The topological polar surface area (TPSA) is 0 Å². The van der Waals surface area contributed by atoms with Crippen LogP contribution in [0.4, 0.5) is 0 Å². The Morgan fingerprint density at radius 1 is 0.245 bits per heavy atom. The molecule has 0 radical (unpaired) electrons. The number of fused-ring (bicyclic) bond motifs is 9. The average Bonchev–Trinajstić information content (AvgIpc) is 3.54. The van der Waals surface area contributed by atoms with Gasteiger partial charge in [-0.25, -0.2) is 0 Å². The molecule has 0 aromatic heterocycles. The van der Waals surface area contributed by atoms with Crippen molar-refractivity contribution in [3.8, 4) is 33.4 Å². The maximum atomic E-state index is 2.46. The van der Waals surface area contributed by atoms with Crippen molar-refractivity contribution < 1.29 is 0 Å². The summed E-state index contributed by atoms with van der Waals surface area (Å²) in [4.78, 5) is 0. The molecule has 11 rings (SSSR count). The molecule has 0 heterocycles. The minimum Gasteiger partial charge on any atom is -0.0619 e. The lowest BCUT2D eigenvalue weighted by atomic mass is 9.67. The molecule has 0 unspecified atom stereocenters. The van der Waals surface area contributed by atoms with Crippen molar-refractivity contribution in [2.24, 2.45) is 0 Å². The van der Waals surface area contributed by atoms with Crippen LogP contribution in [0.25, 0.3) is 76.5 Å². The monoisotopic (exact) mass is 670 g/mol. The lowest BCUT2D eigenvalue weighted by Gasteiger charge is -2.34. The van der Waals surface area contributed by atoms with Crippen molar-refractivity contribution >= 4 is 43.1 Å². The second-order valence-corrected chi connectivity index (χ2v) is 14.4. The fraction of sp³-hybridized carbons (Fsp3) is 0.0189. The molecule has 0 saturated carbocycles. The third-order valence-electron chi connectivity index (χ3n) is 11.7. The van der Waals surface area contributed by atoms with Crippen LogP contribution in [0.15, 0.2) is 206 Å². The van der Waals surface area contributed by atoms with Crippen LogP contribution >= 0.6 is 0 Å². The third-order valence-corrected chi connectivity index (χ3v) is 11.7. The van der Waals surface area contributed by atoms with Crippen molar-refractivity contribution in [2.75, 3.05) is 0 Å². The van der Waals surface area contributed by atoms with Crippen molar-refractivity contribution in [1.82, 2.24) is 0 Å². The van der Waals surface area contributed by atoms with E-state index in [1.54, 1.807) is 0 Å². The van der Waals surface area contributed by atoms with E-state index in [1.165, 1.54) is 98.7 Å². The quantitative estimate of drug-likeness (QED) is 0.164. The largest absolute Gasteiger partial charge is 0.0713 e. The predicted octanol–water partition coefficient (Wildman–Crippen LogP) is 14.0. The smallest absolute Gasteiger partial charge is 0.0619 e. The first-order valence-electron chi connectivity index (χ1n) is 18.5. The van der Waals surface area contributed by atoms with Crippen molar-refractivity contribution in [3.05, 3.63) is 229 Å². The number of rotatable bonds is 4. The minimum absolute atomic E-state index is 0.500. The Bertz CT molecular complexity index is 3010. The van der Waals surface area contributed by atoms with Gasteiger partial charge in [-0.2, -0.15) is 0 Å². The molecule has 0 nitrogen and oxygen atoms in total. The fourth-order valence-corrected chi connectivity index (χ4v) is 9.43. The van der Waals surface area contributed by atoms with Crippen LogP contribution in [-0.4, -0.2) is 0 Å². The van der Waals surface area contributed by atoms with E-state index in [2.05, 4.69) is 206 Å². The van der Waals surface area contributed by atoms with E-state index in [1.807, 2.05) is 0 Å². The lowest BCUT2D eigenvalue weighted by molar-refractivity contribution is 0.769. The van der Waals surface area contributed by atoms with Crippen molar-refractivity contribution in [2.45, 2.75) is 5.41 Å². The molecule has 10 aromatic rings. The average molecular weight is 671 g/mol. The standard InChI is InChI=1S/C53H34/c1-3-18-41-37(14-1)33-49(45-22-7-5-20-43(41)45)35-28-30-39(31-29-35)53(51-26-11-9-24-47(51)48-25-10-12-27-52(48)53)40-17-13-16-36(32-40)50-34-38-15-2-4-19-42(38)44-21-6-8-23-46(44)50/h1-34H. The van der Waals surface area contributed by atoms with E-state index < -0.39 is 5.41 Å². The van der Waals surface area contributed by atoms with Gasteiger partial charge in [0, 0.05) is 0 Å². The van der Waals surface area contributed by atoms with Crippen LogP contribution in [0.2, 0.25) is 0 Å². The van der Waals surface area contributed by atoms with Gasteiger partial charge in [0.1, 0.15) is 0 Å². The van der Waals surface area contributed by atoms with E-state index in [4.69, 9.17) is 0 Å².